The zero-order chi connectivity index (χ0) is 14.1. The summed E-state index contributed by atoms with van der Waals surface area (Å²) in [6.45, 7) is 0. The molecule has 0 aliphatic heterocycles. The molecule has 0 atom stereocenters. The lowest BCUT2D eigenvalue weighted by atomic mass is 10.2. The predicted molar refractivity (Wildman–Crippen MR) is 90.3 cm³/mol. The van der Waals surface area contributed by atoms with Crippen LogP contribution in [0.4, 0.5) is 0 Å². The summed E-state index contributed by atoms with van der Waals surface area (Å²) in [5.41, 5.74) is 0. The highest BCUT2D eigenvalue weighted by molar-refractivity contribution is 9.11. The molecule has 2 nitrogen and oxygen atoms in total. The van der Waals surface area contributed by atoms with Gasteiger partial charge in [-0.15, -0.1) is 11.3 Å². The topological polar surface area (TPSA) is 18.5 Å². The summed E-state index contributed by atoms with van der Waals surface area (Å²) in [5, 5.41) is 1.07. The van der Waals surface area contributed by atoms with Gasteiger partial charge in [-0.3, -0.25) is 0 Å². The van der Waals surface area contributed by atoms with E-state index in [1.54, 1.807) is 18.4 Å². The Hall–Kier alpha value is -1.04. The van der Waals surface area contributed by atoms with E-state index in [2.05, 4.69) is 31.9 Å². The van der Waals surface area contributed by atoms with Crippen LogP contribution in [0, 0.1) is 0 Å². The fourth-order valence-corrected chi connectivity index (χ4v) is 3.83. The molecule has 0 aliphatic carbocycles. The standard InChI is InChI=1S/C15H10Br2O2S/c1-18-11-6-7-12-13(8-11)20-15(17)14(12)19-10-4-2-9(16)3-5-10/h2-8H,1H3. The summed E-state index contributed by atoms with van der Waals surface area (Å²) in [6.07, 6.45) is 0. The Morgan fingerprint density at radius 3 is 2.35 bits per heavy atom. The molecule has 0 unspecified atom stereocenters. The van der Waals surface area contributed by atoms with E-state index in [0.717, 1.165) is 35.6 Å². The van der Waals surface area contributed by atoms with Crippen LogP contribution in [0.2, 0.25) is 0 Å². The van der Waals surface area contributed by atoms with Crippen LogP contribution in [0.25, 0.3) is 10.1 Å². The van der Waals surface area contributed by atoms with E-state index in [1.165, 1.54) is 0 Å². The molecule has 0 amide bonds. The quantitative estimate of drug-likeness (QED) is 0.506. The molecule has 0 spiro atoms. The summed E-state index contributed by atoms with van der Waals surface area (Å²) in [6, 6.07) is 13.8. The number of fused-ring (bicyclic) bond motifs is 1. The first-order valence-corrected chi connectivity index (χ1v) is 8.27. The average Bonchev–Trinajstić information content (AvgIpc) is 2.76. The molecule has 0 bridgehead atoms. The fourth-order valence-electron chi connectivity index (χ4n) is 1.87. The molecule has 0 saturated carbocycles. The lowest BCUT2D eigenvalue weighted by molar-refractivity contribution is 0.415. The molecule has 3 aromatic rings. The number of thiophene rings is 1. The van der Waals surface area contributed by atoms with Crippen LogP contribution in [0.3, 0.4) is 0 Å². The highest BCUT2D eigenvalue weighted by atomic mass is 79.9. The molecule has 0 radical (unpaired) electrons. The van der Waals surface area contributed by atoms with E-state index in [9.17, 15) is 0 Å². The van der Waals surface area contributed by atoms with Crippen LogP contribution in [-0.4, -0.2) is 7.11 Å². The third-order valence-electron chi connectivity index (χ3n) is 2.85. The van der Waals surface area contributed by atoms with Crippen molar-refractivity contribution in [3.05, 3.63) is 50.7 Å². The number of ether oxygens (including phenoxy) is 2. The van der Waals surface area contributed by atoms with Crippen molar-refractivity contribution in [1.29, 1.82) is 0 Å². The molecule has 20 heavy (non-hydrogen) atoms. The van der Waals surface area contributed by atoms with Crippen molar-refractivity contribution in [2.45, 2.75) is 0 Å². The van der Waals surface area contributed by atoms with Gasteiger partial charge in [0.05, 0.1) is 7.11 Å². The maximum atomic E-state index is 5.99. The first-order valence-electron chi connectivity index (χ1n) is 5.87. The van der Waals surface area contributed by atoms with E-state index in [0.29, 0.717) is 0 Å². The number of hydrogen-bond acceptors (Lipinski definition) is 3. The first-order chi connectivity index (χ1) is 9.67. The minimum Gasteiger partial charge on any atom is -0.497 e. The zero-order valence-electron chi connectivity index (χ0n) is 10.5. The van der Waals surface area contributed by atoms with Gasteiger partial charge in [0.15, 0.2) is 5.75 Å². The SMILES string of the molecule is COc1ccc2c(Oc3ccc(Br)cc3)c(Br)sc2c1. The van der Waals surface area contributed by atoms with Crippen molar-refractivity contribution in [2.75, 3.05) is 7.11 Å². The van der Waals surface area contributed by atoms with E-state index >= 15 is 0 Å². The molecule has 2 aromatic carbocycles. The van der Waals surface area contributed by atoms with Gasteiger partial charge in [0.1, 0.15) is 15.3 Å². The first kappa shape index (κ1) is 13.9. The number of methoxy groups -OCH3 is 1. The molecular formula is C15H10Br2O2S. The smallest absolute Gasteiger partial charge is 0.160 e. The highest BCUT2D eigenvalue weighted by Crippen LogP contribution is 2.44. The number of hydrogen-bond donors (Lipinski definition) is 0. The molecule has 0 N–H and O–H groups in total. The molecular weight excluding hydrogens is 404 g/mol. The largest absolute Gasteiger partial charge is 0.497 e. The molecule has 1 heterocycles. The van der Waals surface area contributed by atoms with Crippen LogP contribution >= 0.6 is 43.2 Å². The van der Waals surface area contributed by atoms with E-state index < -0.39 is 0 Å². The predicted octanol–water partition coefficient (Wildman–Crippen LogP) is 6.23. The third-order valence-corrected chi connectivity index (χ3v) is 5.14. The second-order valence-corrected chi connectivity index (χ2v) is 7.41. The minimum absolute atomic E-state index is 0.810. The van der Waals surface area contributed by atoms with Gasteiger partial charge in [0.2, 0.25) is 0 Å². The van der Waals surface area contributed by atoms with Gasteiger partial charge in [-0.05, 0) is 58.4 Å². The Bertz CT molecular complexity index is 750. The summed E-state index contributed by atoms with van der Waals surface area (Å²) in [4.78, 5) is 0. The van der Waals surface area contributed by atoms with Crippen LogP contribution in [-0.2, 0) is 0 Å². The Labute approximate surface area is 137 Å². The maximum Gasteiger partial charge on any atom is 0.160 e. The molecule has 0 aliphatic rings. The van der Waals surface area contributed by atoms with E-state index in [-0.39, 0.29) is 0 Å². The van der Waals surface area contributed by atoms with Gasteiger partial charge in [-0.2, -0.15) is 0 Å². The molecule has 1 aromatic heterocycles. The van der Waals surface area contributed by atoms with E-state index in [4.69, 9.17) is 9.47 Å². The van der Waals surface area contributed by atoms with Crippen molar-refractivity contribution in [1.82, 2.24) is 0 Å². The molecule has 0 fully saturated rings. The second kappa shape index (κ2) is 5.76. The zero-order valence-corrected chi connectivity index (χ0v) is 14.5. The van der Waals surface area contributed by atoms with Gasteiger partial charge in [-0.25, -0.2) is 0 Å². The Kier molecular flexibility index (Phi) is 4.01. The summed E-state index contributed by atoms with van der Waals surface area (Å²) < 4.78 is 14.4. The number of rotatable bonds is 3. The molecule has 0 saturated heterocycles. The molecule has 102 valence electrons. The van der Waals surface area contributed by atoms with Crippen molar-refractivity contribution in [3.63, 3.8) is 0 Å². The normalized spacial score (nSPS) is 10.8. The summed E-state index contributed by atoms with van der Waals surface area (Å²) >= 11 is 8.62. The van der Waals surface area contributed by atoms with Crippen LogP contribution in [0.15, 0.2) is 50.7 Å². The van der Waals surface area contributed by atoms with Crippen molar-refractivity contribution < 1.29 is 9.47 Å². The van der Waals surface area contributed by atoms with Gasteiger partial charge in [-0.1, -0.05) is 15.9 Å². The lowest BCUT2D eigenvalue weighted by Crippen LogP contribution is -1.84. The molecule has 3 rings (SSSR count). The highest BCUT2D eigenvalue weighted by Gasteiger charge is 2.13. The number of halogens is 2. The average molecular weight is 414 g/mol. The second-order valence-electron chi connectivity index (χ2n) is 4.12. The van der Waals surface area contributed by atoms with Gasteiger partial charge < -0.3 is 9.47 Å². The third kappa shape index (κ3) is 2.71. The van der Waals surface area contributed by atoms with Crippen molar-refractivity contribution >= 4 is 53.3 Å². The number of benzene rings is 2. The van der Waals surface area contributed by atoms with Crippen molar-refractivity contribution in [3.8, 4) is 17.2 Å². The van der Waals surface area contributed by atoms with Crippen LogP contribution < -0.4 is 9.47 Å². The van der Waals surface area contributed by atoms with Gasteiger partial charge >= 0.3 is 0 Å². The Morgan fingerprint density at radius 1 is 0.950 bits per heavy atom. The Balaban J connectivity index is 2.02. The van der Waals surface area contributed by atoms with Crippen LogP contribution in [0.1, 0.15) is 0 Å². The monoisotopic (exact) mass is 412 g/mol. The van der Waals surface area contributed by atoms with Crippen LogP contribution in [0.5, 0.6) is 17.2 Å². The summed E-state index contributed by atoms with van der Waals surface area (Å²) in [5.74, 6) is 2.50. The minimum atomic E-state index is 0.810. The Morgan fingerprint density at radius 2 is 1.65 bits per heavy atom. The van der Waals surface area contributed by atoms with Gasteiger partial charge in [0.25, 0.3) is 0 Å². The van der Waals surface area contributed by atoms with Gasteiger partial charge in [0, 0.05) is 14.6 Å². The molecule has 5 heteroatoms. The maximum absolute atomic E-state index is 5.99. The van der Waals surface area contributed by atoms with Crippen molar-refractivity contribution in [2.24, 2.45) is 0 Å². The fraction of sp³-hybridized carbons (Fsp3) is 0.0667. The summed E-state index contributed by atoms with van der Waals surface area (Å²) in [7, 11) is 1.67. The lowest BCUT2D eigenvalue weighted by Gasteiger charge is -2.06. The van der Waals surface area contributed by atoms with E-state index in [1.807, 2.05) is 42.5 Å².